The Hall–Kier alpha value is -0.900. The minimum absolute atomic E-state index is 0.219. The summed E-state index contributed by atoms with van der Waals surface area (Å²) in [6.45, 7) is 3.12. The minimum atomic E-state index is 0.219. The van der Waals surface area contributed by atoms with Crippen LogP contribution in [0.3, 0.4) is 0 Å². The first kappa shape index (κ1) is 13.1. The van der Waals surface area contributed by atoms with Crippen LogP contribution in [-0.4, -0.2) is 18.8 Å². The number of rotatable bonds is 4. The largest absolute Gasteiger partial charge is 0.376 e. The third-order valence-corrected chi connectivity index (χ3v) is 4.67. The van der Waals surface area contributed by atoms with Gasteiger partial charge in [-0.1, -0.05) is 25.1 Å². The molecule has 3 atom stereocenters. The minimum Gasteiger partial charge on any atom is -0.376 e. The summed E-state index contributed by atoms with van der Waals surface area (Å²) in [4.78, 5) is 0. The van der Waals surface area contributed by atoms with Crippen molar-refractivity contribution < 1.29 is 4.74 Å². The molecule has 1 aromatic rings. The van der Waals surface area contributed by atoms with E-state index in [0.717, 1.165) is 19.4 Å². The van der Waals surface area contributed by atoms with Crippen LogP contribution in [0.15, 0.2) is 18.2 Å². The number of nitrogens with one attached hydrogen (secondary N) is 1. The van der Waals surface area contributed by atoms with Gasteiger partial charge in [-0.05, 0) is 54.7 Å². The SMILES string of the molecule is CC1CCOC1C(Cc1ccc2c(c1)CCC2)NN. The van der Waals surface area contributed by atoms with Gasteiger partial charge in [0.1, 0.15) is 0 Å². The van der Waals surface area contributed by atoms with E-state index in [9.17, 15) is 0 Å². The quantitative estimate of drug-likeness (QED) is 0.643. The average Bonchev–Trinajstić information content (AvgIpc) is 3.04. The molecule has 0 radical (unpaired) electrons. The van der Waals surface area contributed by atoms with E-state index in [4.69, 9.17) is 10.6 Å². The number of hydrazine groups is 1. The molecule has 1 heterocycles. The molecule has 3 N–H and O–H groups in total. The molecule has 0 spiro atoms. The van der Waals surface area contributed by atoms with Gasteiger partial charge in [0.15, 0.2) is 0 Å². The van der Waals surface area contributed by atoms with Crippen LogP contribution in [0, 0.1) is 5.92 Å². The fourth-order valence-corrected chi connectivity index (χ4v) is 3.51. The highest BCUT2D eigenvalue weighted by atomic mass is 16.5. The van der Waals surface area contributed by atoms with Crippen LogP contribution in [0.25, 0.3) is 0 Å². The summed E-state index contributed by atoms with van der Waals surface area (Å²) in [6.07, 6.45) is 6.14. The first-order chi connectivity index (χ1) is 9.28. The van der Waals surface area contributed by atoms with Gasteiger partial charge in [0.25, 0.3) is 0 Å². The smallest absolute Gasteiger partial charge is 0.0771 e. The van der Waals surface area contributed by atoms with Crippen LogP contribution < -0.4 is 11.3 Å². The Morgan fingerprint density at radius 1 is 1.37 bits per heavy atom. The van der Waals surface area contributed by atoms with Gasteiger partial charge in [0.2, 0.25) is 0 Å². The number of fused-ring (bicyclic) bond motifs is 1. The highest BCUT2D eigenvalue weighted by molar-refractivity contribution is 5.35. The van der Waals surface area contributed by atoms with Crippen molar-refractivity contribution in [3.8, 4) is 0 Å². The maximum Gasteiger partial charge on any atom is 0.0771 e. The Bertz CT molecular complexity index is 446. The summed E-state index contributed by atoms with van der Waals surface area (Å²) in [5, 5.41) is 0. The lowest BCUT2D eigenvalue weighted by molar-refractivity contribution is 0.0610. The Kier molecular flexibility index (Phi) is 3.87. The highest BCUT2D eigenvalue weighted by Gasteiger charge is 2.31. The van der Waals surface area contributed by atoms with E-state index < -0.39 is 0 Å². The summed E-state index contributed by atoms with van der Waals surface area (Å²) in [6, 6.07) is 7.14. The molecule has 0 bridgehead atoms. The first-order valence-corrected chi connectivity index (χ1v) is 7.46. The normalized spacial score (nSPS) is 27.5. The Morgan fingerprint density at radius 2 is 2.21 bits per heavy atom. The van der Waals surface area contributed by atoms with Crippen LogP contribution in [-0.2, 0) is 24.0 Å². The number of ether oxygens (including phenoxy) is 1. The predicted molar refractivity (Wildman–Crippen MR) is 76.8 cm³/mol. The molecule has 1 aliphatic carbocycles. The third-order valence-electron chi connectivity index (χ3n) is 4.67. The van der Waals surface area contributed by atoms with Gasteiger partial charge in [0.05, 0.1) is 12.1 Å². The van der Waals surface area contributed by atoms with E-state index in [1.54, 1.807) is 0 Å². The fourth-order valence-electron chi connectivity index (χ4n) is 3.51. The lowest BCUT2D eigenvalue weighted by Crippen LogP contribution is -2.47. The van der Waals surface area contributed by atoms with E-state index >= 15 is 0 Å². The molecule has 3 nitrogen and oxygen atoms in total. The maximum absolute atomic E-state index is 5.84. The van der Waals surface area contributed by atoms with E-state index in [1.807, 2.05) is 0 Å². The average molecular weight is 260 g/mol. The predicted octanol–water partition coefficient (Wildman–Crippen LogP) is 1.97. The van der Waals surface area contributed by atoms with Crippen molar-refractivity contribution in [1.82, 2.24) is 5.43 Å². The monoisotopic (exact) mass is 260 g/mol. The van der Waals surface area contributed by atoms with Crippen molar-refractivity contribution in [3.63, 3.8) is 0 Å². The van der Waals surface area contributed by atoms with Crippen molar-refractivity contribution in [2.75, 3.05) is 6.61 Å². The standard InChI is InChI=1S/C16H24N2O/c1-11-7-8-19-16(11)15(18-17)10-12-5-6-13-3-2-4-14(13)9-12/h5-6,9,11,15-16,18H,2-4,7-8,10,17H2,1H3. The van der Waals surface area contributed by atoms with Gasteiger partial charge in [-0.2, -0.15) is 0 Å². The van der Waals surface area contributed by atoms with Crippen molar-refractivity contribution in [2.24, 2.45) is 11.8 Å². The summed E-state index contributed by atoms with van der Waals surface area (Å²) >= 11 is 0. The molecular formula is C16H24N2O. The van der Waals surface area contributed by atoms with Gasteiger partial charge in [-0.15, -0.1) is 0 Å². The molecule has 1 saturated heterocycles. The molecule has 2 aliphatic rings. The second kappa shape index (κ2) is 5.61. The van der Waals surface area contributed by atoms with E-state index in [1.165, 1.54) is 36.0 Å². The van der Waals surface area contributed by atoms with Gasteiger partial charge in [-0.25, -0.2) is 0 Å². The zero-order chi connectivity index (χ0) is 13.2. The van der Waals surface area contributed by atoms with Gasteiger partial charge < -0.3 is 4.74 Å². The van der Waals surface area contributed by atoms with Crippen molar-refractivity contribution in [2.45, 2.75) is 51.2 Å². The summed E-state index contributed by atoms with van der Waals surface area (Å²) in [5.74, 6) is 6.34. The van der Waals surface area contributed by atoms with E-state index in [2.05, 4.69) is 30.5 Å². The van der Waals surface area contributed by atoms with Crippen LogP contribution in [0.2, 0.25) is 0 Å². The first-order valence-electron chi connectivity index (χ1n) is 7.46. The van der Waals surface area contributed by atoms with Crippen LogP contribution in [0.4, 0.5) is 0 Å². The molecule has 104 valence electrons. The second-order valence-electron chi connectivity index (χ2n) is 6.04. The Labute approximate surface area is 115 Å². The number of hydrogen-bond donors (Lipinski definition) is 2. The molecule has 1 fully saturated rings. The molecule has 3 heteroatoms. The fraction of sp³-hybridized carbons (Fsp3) is 0.625. The van der Waals surface area contributed by atoms with Crippen molar-refractivity contribution >= 4 is 0 Å². The zero-order valence-electron chi connectivity index (χ0n) is 11.7. The summed E-state index contributed by atoms with van der Waals surface area (Å²) < 4.78 is 5.84. The number of nitrogens with two attached hydrogens (primary N) is 1. The van der Waals surface area contributed by atoms with Gasteiger partial charge in [0, 0.05) is 6.61 Å². The number of benzene rings is 1. The van der Waals surface area contributed by atoms with Crippen LogP contribution >= 0.6 is 0 Å². The van der Waals surface area contributed by atoms with Gasteiger partial charge in [-0.3, -0.25) is 11.3 Å². The summed E-state index contributed by atoms with van der Waals surface area (Å²) in [5.41, 5.74) is 7.42. The molecule has 3 rings (SSSR count). The molecule has 1 aliphatic heterocycles. The molecule has 0 saturated carbocycles. The maximum atomic E-state index is 5.84. The van der Waals surface area contributed by atoms with E-state index in [-0.39, 0.29) is 12.1 Å². The Balaban J connectivity index is 1.72. The van der Waals surface area contributed by atoms with Crippen LogP contribution in [0.1, 0.15) is 36.5 Å². The highest BCUT2D eigenvalue weighted by Crippen LogP contribution is 2.27. The topological polar surface area (TPSA) is 47.3 Å². The number of hydrogen-bond acceptors (Lipinski definition) is 3. The zero-order valence-corrected chi connectivity index (χ0v) is 11.7. The molecule has 19 heavy (non-hydrogen) atoms. The molecule has 3 unspecified atom stereocenters. The van der Waals surface area contributed by atoms with Crippen molar-refractivity contribution in [1.29, 1.82) is 0 Å². The molecule has 0 amide bonds. The second-order valence-corrected chi connectivity index (χ2v) is 6.04. The summed E-state index contributed by atoms with van der Waals surface area (Å²) in [7, 11) is 0. The molecular weight excluding hydrogens is 236 g/mol. The molecule has 0 aromatic heterocycles. The van der Waals surface area contributed by atoms with E-state index in [0.29, 0.717) is 5.92 Å². The van der Waals surface area contributed by atoms with Crippen molar-refractivity contribution in [3.05, 3.63) is 34.9 Å². The Morgan fingerprint density at radius 3 is 2.95 bits per heavy atom. The lowest BCUT2D eigenvalue weighted by Gasteiger charge is -2.25. The van der Waals surface area contributed by atoms with Crippen LogP contribution in [0.5, 0.6) is 0 Å². The number of aryl methyl sites for hydroxylation is 2. The lowest BCUT2D eigenvalue weighted by atomic mass is 9.92. The third kappa shape index (κ3) is 2.69. The molecule has 1 aromatic carbocycles. The van der Waals surface area contributed by atoms with Gasteiger partial charge >= 0.3 is 0 Å².